The van der Waals surface area contributed by atoms with Crippen molar-refractivity contribution < 1.29 is 4.79 Å². The minimum Gasteiger partial charge on any atom is -0.298 e. The predicted molar refractivity (Wildman–Crippen MR) is 70.1 cm³/mol. The Labute approximate surface area is 113 Å². The van der Waals surface area contributed by atoms with Gasteiger partial charge in [0.2, 0.25) is 0 Å². The first-order chi connectivity index (χ1) is 8.13. The second-order valence-corrected chi connectivity index (χ2v) is 4.51. The van der Waals surface area contributed by atoms with Crippen LogP contribution in [0.4, 0.5) is 0 Å². The molecule has 2 aromatic rings. The Balaban J connectivity index is 2.65. The second-order valence-electron chi connectivity index (χ2n) is 3.31. The maximum atomic E-state index is 10.9. The van der Waals surface area contributed by atoms with Gasteiger partial charge in [0, 0.05) is 17.3 Å². The van der Waals surface area contributed by atoms with Crippen LogP contribution in [-0.2, 0) is 0 Å². The molecule has 0 atom stereocenters. The summed E-state index contributed by atoms with van der Waals surface area (Å²) >= 11 is 17.7. The van der Waals surface area contributed by atoms with Crippen molar-refractivity contribution in [1.29, 1.82) is 0 Å². The number of carbonyl (C=O) groups is 1. The first kappa shape index (κ1) is 12.4. The lowest BCUT2D eigenvalue weighted by atomic mass is 10.1. The molecular weight excluding hydrogens is 280 g/mol. The third-order valence-corrected chi connectivity index (χ3v) is 3.42. The van der Waals surface area contributed by atoms with Gasteiger partial charge in [-0.05, 0) is 24.3 Å². The summed E-state index contributed by atoms with van der Waals surface area (Å²) in [4.78, 5) is 15.0. The molecule has 0 spiro atoms. The molecule has 17 heavy (non-hydrogen) atoms. The van der Waals surface area contributed by atoms with Gasteiger partial charge >= 0.3 is 0 Å². The molecule has 0 aliphatic rings. The van der Waals surface area contributed by atoms with Crippen LogP contribution in [0.25, 0.3) is 11.3 Å². The molecule has 0 amide bonds. The van der Waals surface area contributed by atoms with E-state index in [9.17, 15) is 4.79 Å². The summed E-state index contributed by atoms with van der Waals surface area (Å²) in [5, 5.41) is 0.953. The topological polar surface area (TPSA) is 30.0 Å². The van der Waals surface area contributed by atoms with Gasteiger partial charge in [-0.1, -0.05) is 34.8 Å². The van der Waals surface area contributed by atoms with Crippen molar-refractivity contribution in [3.05, 3.63) is 51.1 Å². The number of hydrogen-bond donors (Lipinski definition) is 0. The Hall–Kier alpha value is -1.09. The van der Waals surface area contributed by atoms with Crippen LogP contribution in [-0.4, -0.2) is 11.3 Å². The van der Waals surface area contributed by atoms with E-state index >= 15 is 0 Å². The van der Waals surface area contributed by atoms with E-state index in [0.717, 1.165) is 6.29 Å². The number of halogens is 3. The molecule has 0 aliphatic carbocycles. The van der Waals surface area contributed by atoms with Crippen LogP contribution >= 0.6 is 34.8 Å². The fourth-order valence-corrected chi connectivity index (χ4v) is 2.04. The number of rotatable bonds is 2. The number of aromatic nitrogens is 1. The van der Waals surface area contributed by atoms with Crippen LogP contribution < -0.4 is 0 Å². The molecular formula is C12H6Cl3NO. The van der Waals surface area contributed by atoms with E-state index in [1.54, 1.807) is 30.5 Å². The van der Waals surface area contributed by atoms with Crippen LogP contribution in [0.15, 0.2) is 30.5 Å². The Kier molecular flexibility index (Phi) is 3.67. The van der Waals surface area contributed by atoms with E-state index in [2.05, 4.69) is 4.98 Å². The van der Waals surface area contributed by atoms with Gasteiger partial charge in [0.15, 0.2) is 6.29 Å². The monoisotopic (exact) mass is 285 g/mol. The van der Waals surface area contributed by atoms with Gasteiger partial charge < -0.3 is 0 Å². The van der Waals surface area contributed by atoms with Crippen molar-refractivity contribution in [3.63, 3.8) is 0 Å². The highest BCUT2D eigenvalue weighted by molar-refractivity contribution is 6.48. The van der Waals surface area contributed by atoms with Crippen LogP contribution in [0.5, 0.6) is 0 Å². The summed E-state index contributed by atoms with van der Waals surface area (Å²) in [6.45, 7) is 0. The molecule has 1 heterocycles. The zero-order chi connectivity index (χ0) is 12.4. The highest BCUT2D eigenvalue weighted by atomic mass is 35.5. The highest BCUT2D eigenvalue weighted by Gasteiger charge is 2.10. The van der Waals surface area contributed by atoms with Gasteiger partial charge in [0.05, 0.1) is 20.8 Å². The van der Waals surface area contributed by atoms with Crippen LogP contribution in [0, 0.1) is 0 Å². The summed E-state index contributed by atoms with van der Waals surface area (Å²) in [7, 11) is 0. The van der Waals surface area contributed by atoms with Gasteiger partial charge in [0.25, 0.3) is 0 Å². The average molecular weight is 287 g/mol. The fourth-order valence-electron chi connectivity index (χ4n) is 1.45. The highest BCUT2D eigenvalue weighted by Crippen LogP contribution is 2.35. The summed E-state index contributed by atoms with van der Waals surface area (Å²) in [6, 6.07) is 6.62. The molecule has 1 aromatic carbocycles. The summed E-state index contributed by atoms with van der Waals surface area (Å²) in [5.41, 5.74) is 1.66. The van der Waals surface area contributed by atoms with Crippen molar-refractivity contribution in [2.24, 2.45) is 0 Å². The maximum Gasteiger partial charge on any atom is 0.152 e. The molecule has 1 aromatic heterocycles. The van der Waals surface area contributed by atoms with Crippen LogP contribution in [0.1, 0.15) is 10.4 Å². The van der Waals surface area contributed by atoms with Crippen molar-refractivity contribution in [1.82, 2.24) is 4.98 Å². The van der Waals surface area contributed by atoms with Crippen molar-refractivity contribution in [3.8, 4) is 11.3 Å². The molecule has 0 unspecified atom stereocenters. The zero-order valence-corrected chi connectivity index (χ0v) is 10.7. The number of pyridine rings is 1. The van der Waals surface area contributed by atoms with Crippen LogP contribution in [0.2, 0.25) is 15.1 Å². The summed E-state index contributed by atoms with van der Waals surface area (Å²) in [6.07, 6.45) is 2.33. The van der Waals surface area contributed by atoms with E-state index in [0.29, 0.717) is 31.9 Å². The first-order valence-electron chi connectivity index (χ1n) is 4.68. The molecule has 0 fully saturated rings. The van der Waals surface area contributed by atoms with Gasteiger partial charge in [0.1, 0.15) is 0 Å². The van der Waals surface area contributed by atoms with Gasteiger partial charge in [-0.15, -0.1) is 0 Å². The number of carbonyl (C=O) groups excluding carboxylic acids is 1. The molecule has 0 saturated carbocycles. The maximum absolute atomic E-state index is 10.9. The van der Waals surface area contributed by atoms with E-state index in [1.165, 1.54) is 0 Å². The molecule has 5 heteroatoms. The third kappa shape index (κ3) is 2.44. The summed E-state index contributed by atoms with van der Waals surface area (Å²) < 4.78 is 0. The zero-order valence-electron chi connectivity index (χ0n) is 8.45. The van der Waals surface area contributed by atoms with Gasteiger partial charge in [-0.3, -0.25) is 9.78 Å². The second kappa shape index (κ2) is 5.05. The average Bonchev–Trinajstić information content (AvgIpc) is 2.35. The number of benzene rings is 1. The Morgan fingerprint density at radius 3 is 2.35 bits per heavy atom. The molecule has 0 N–H and O–H groups in total. The Bertz CT molecular complexity index is 561. The molecule has 86 valence electrons. The number of aldehydes is 1. The van der Waals surface area contributed by atoms with Gasteiger partial charge in [-0.25, -0.2) is 0 Å². The first-order valence-corrected chi connectivity index (χ1v) is 5.82. The lowest BCUT2D eigenvalue weighted by molar-refractivity contribution is 0.112. The summed E-state index contributed by atoms with van der Waals surface area (Å²) in [5.74, 6) is 0. The molecule has 0 bridgehead atoms. The predicted octanol–water partition coefficient (Wildman–Crippen LogP) is 4.52. The quantitative estimate of drug-likeness (QED) is 0.600. The lowest BCUT2D eigenvalue weighted by Gasteiger charge is -2.06. The molecule has 0 radical (unpaired) electrons. The third-order valence-electron chi connectivity index (χ3n) is 2.22. The van der Waals surface area contributed by atoms with E-state index in [-0.39, 0.29) is 0 Å². The molecule has 2 rings (SSSR count). The molecule has 2 nitrogen and oxygen atoms in total. The minimum atomic E-state index is 0.292. The van der Waals surface area contributed by atoms with E-state index in [1.807, 2.05) is 0 Å². The Morgan fingerprint density at radius 1 is 1.12 bits per heavy atom. The van der Waals surface area contributed by atoms with Crippen molar-refractivity contribution in [2.75, 3.05) is 0 Å². The van der Waals surface area contributed by atoms with Gasteiger partial charge in [-0.2, -0.15) is 0 Å². The lowest BCUT2D eigenvalue weighted by Crippen LogP contribution is -1.91. The van der Waals surface area contributed by atoms with E-state index < -0.39 is 0 Å². The SMILES string of the molecule is O=Cc1cccnc1-c1cc(Cl)c(Cl)c(Cl)c1. The van der Waals surface area contributed by atoms with Crippen LogP contribution in [0.3, 0.4) is 0 Å². The van der Waals surface area contributed by atoms with Crippen molar-refractivity contribution >= 4 is 41.1 Å². The standard InChI is InChI=1S/C12H6Cl3NO/c13-9-4-8(5-10(14)11(9)15)12-7(6-17)2-1-3-16-12/h1-6H. The number of nitrogens with zero attached hydrogens (tertiary/aromatic N) is 1. The van der Waals surface area contributed by atoms with E-state index in [4.69, 9.17) is 34.8 Å². The number of hydrogen-bond acceptors (Lipinski definition) is 2. The Morgan fingerprint density at radius 2 is 1.76 bits per heavy atom. The smallest absolute Gasteiger partial charge is 0.152 e. The fraction of sp³-hybridized carbons (Fsp3) is 0. The minimum absolute atomic E-state index is 0.292. The molecule has 0 aliphatic heterocycles. The normalized spacial score (nSPS) is 10.3. The molecule has 0 saturated heterocycles. The van der Waals surface area contributed by atoms with Crippen molar-refractivity contribution in [2.45, 2.75) is 0 Å². The largest absolute Gasteiger partial charge is 0.298 e.